The molecule has 1 aromatic carbocycles. The van der Waals surface area contributed by atoms with E-state index < -0.39 is 11.9 Å². The third-order valence-corrected chi connectivity index (χ3v) is 2.83. The number of carbonyl (C=O) groups excluding carboxylic acids is 1. The summed E-state index contributed by atoms with van der Waals surface area (Å²) in [5.74, 6) is -1.29. The van der Waals surface area contributed by atoms with Crippen LogP contribution >= 0.6 is 0 Å². The van der Waals surface area contributed by atoms with Crippen LogP contribution in [0.25, 0.3) is 0 Å². The fourth-order valence-corrected chi connectivity index (χ4v) is 2.07. The molecule has 1 atom stereocenters. The Morgan fingerprint density at radius 1 is 1.33 bits per heavy atom. The van der Waals surface area contributed by atoms with E-state index in [4.69, 9.17) is 5.11 Å². The van der Waals surface area contributed by atoms with Crippen molar-refractivity contribution in [2.75, 3.05) is 0 Å². The van der Waals surface area contributed by atoms with Crippen molar-refractivity contribution in [2.45, 2.75) is 25.2 Å². The Balaban J connectivity index is 2.52. The van der Waals surface area contributed by atoms with E-state index in [1.807, 2.05) is 0 Å². The first kappa shape index (κ1) is 9.90. The summed E-state index contributed by atoms with van der Waals surface area (Å²) in [6.07, 6.45) is 1.67. The molecule has 1 unspecified atom stereocenters. The lowest BCUT2D eigenvalue weighted by Crippen LogP contribution is -2.12. The van der Waals surface area contributed by atoms with Crippen LogP contribution in [0.1, 0.15) is 41.1 Å². The molecule has 78 valence electrons. The van der Waals surface area contributed by atoms with Gasteiger partial charge in [-0.25, -0.2) is 0 Å². The number of aliphatic carboxylic acids is 1. The van der Waals surface area contributed by atoms with Crippen LogP contribution in [0.3, 0.4) is 0 Å². The van der Waals surface area contributed by atoms with E-state index in [2.05, 4.69) is 0 Å². The van der Waals surface area contributed by atoms with Crippen LogP contribution in [0.2, 0.25) is 0 Å². The molecule has 1 aliphatic carbocycles. The highest BCUT2D eigenvalue weighted by molar-refractivity contribution is 5.99. The number of hydrogen-bond donors (Lipinski definition) is 1. The molecule has 15 heavy (non-hydrogen) atoms. The molecular formula is C12H12O3. The molecule has 1 N–H and O–H groups in total. The Hall–Kier alpha value is -1.64. The van der Waals surface area contributed by atoms with Crippen molar-refractivity contribution >= 4 is 11.8 Å². The molecule has 0 bridgehead atoms. The molecule has 3 heteroatoms. The van der Waals surface area contributed by atoms with Crippen LogP contribution in [-0.4, -0.2) is 16.9 Å². The maximum atomic E-state index is 11.7. The second-order valence-electron chi connectivity index (χ2n) is 3.79. The molecular weight excluding hydrogens is 192 g/mol. The summed E-state index contributed by atoms with van der Waals surface area (Å²) in [7, 11) is 0. The van der Waals surface area contributed by atoms with Gasteiger partial charge in [-0.1, -0.05) is 24.3 Å². The Labute approximate surface area is 87.7 Å². The number of carboxylic acid groups (broad SMARTS) is 1. The SMILES string of the molecule is O=C1CCCC(C(=O)O)c2ccccc21. The van der Waals surface area contributed by atoms with Crippen LogP contribution in [-0.2, 0) is 4.79 Å². The predicted octanol–water partition coefficient (Wildman–Crippen LogP) is 2.22. The Kier molecular flexibility index (Phi) is 2.54. The summed E-state index contributed by atoms with van der Waals surface area (Å²) in [5.41, 5.74) is 1.26. The normalized spacial score (nSPS) is 20.5. The van der Waals surface area contributed by atoms with Crippen molar-refractivity contribution in [3.05, 3.63) is 35.4 Å². The Bertz CT molecular complexity index is 409. The standard InChI is InChI=1S/C12H12O3/c13-11-7-3-6-10(12(14)15)8-4-1-2-5-9(8)11/h1-2,4-5,10H,3,6-7H2,(H,14,15). The molecule has 0 aromatic heterocycles. The van der Waals surface area contributed by atoms with E-state index in [0.717, 1.165) is 0 Å². The topological polar surface area (TPSA) is 54.4 Å². The molecule has 2 rings (SSSR count). The summed E-state index contributed by atoms with van der Waals surface area (Å²) < 4.78 is 0. The van der Waals surface area contributed by atoms with Gasteiger partial charge in [-0.2, -0.15) is 0 Å². The van der Waals surface area contributed by atoms with Gasteiger partial charge in [0.25, 0.3) is 0 Å². The number of Topliss-reactive ketones (excluding diaryl/α,β-unsaturated/α-hetero) is 1. The smallest absolute Gasteiger partial charge is 0.310 e. The van der Waals surface area contributed by atoms with Gasteiger partial charge in [-0.05, 0) is 18.4 Å². The second-order valence-corrected chi connectivity index (χ2v) is 3.79. The summed E-state index contributed by atoms with van der Waals surface area (Å²) in [5, 5.41) is 9.08. The minimum absolute atomic E-state index is 0.0642. The number of carbonyl (C=O) groups is 2. The molecule has 1 aromatic rings. The molecule has 0 radical (unpaired) electrons. The van der Waals surface area contributed by atoms with Gasteiger partial charge in [0.1, 0.15) is 0 Å². The summed E-state index contributed by atoms with van der Waals surface area (Å²) >= 11 is 0. The lowest BCUT2D eigenvalue weighted by atomic mass is 9.93. The van der Waals surface area contributed by atoms with Crippen LogP contribution in [0.5, 0.6) is 0 Å². The van der Waals surface area contributed by atoms with Crippen LogP contribution in [0.15, 0.2) is 24.3 Å². The van der Waals surface area contributed by atoms with Crippen molar-refractivity contribution in [3.8, 4) is 0 Å². The number of rotatable bonds is 1. The third kappa shape index (κ3) is 1.77. The molecule has 3 nitrogen and oxygen atoms in total. The van der Waals surface area contributed by atoms with Crippen LogP contribution in [0.4, 0.5) is 0 Å². The zero-order valence-electron chi connectivity index (χ0n) is 8.27. The number of carboxylic acids is 1. The van der Waals surface area contributed by atoms with Crippen molar-refractivity contribution < 1.29 is 14.7 Å². The van der Waals surface area contributed by atoms with E-state index in [0.29, 0.717) is 30.4 Å². The molecule has 0 aliphatic heterocycles. The van der Waals surface area contributed by atoms with Crippen molar-refractivity contribution in [1.29, 1.82) is 0 Å². The van der Waals surface area contributed by atoms with Gasteiger partial charge >= 0.3 is 5.97 Å². The third-order valence-electron chi connectivity index (χ3n) is 2.83. The average Bonchev–Trinajstić information content (AvgIpc) is 2.39. The zero-order valence-corrected chi connectivity index (χ0v) is 8.27. The molecule has 1 aliphatic rings. The number of hydrogen-bond acceptors (Lipinski definition) is 2. The average molecular weight is 204 g/mol. The van der Waals surface area contributed by atoms with E-state index in [-0.39, 0.29) is 5.78 Å². The highest BCUT2D eigenvalue weighted by Crippen LogP contribution is 2.30. The Morgan fingerprint density at radius 2 is 2.07 bits per heavy atom. The minimum atomic E-state index is -0.836. The molecule has 0 fully saturated rings. The maximum absolute atomic E-state index is 11.7. The highest BCUT2D eigenvalue weighted by atomic mass is 16.4. The first-order valence-corrected chi connectivity index (χ1v) is 5.05. The van der Waals surface area contributed by atoms with Crippen molar-refractivity contribution in [1.82, 2.24) is 0 Å². The zero-order chi connectivity index (χ0) is 10.8. The van der Waals surface area contributed by atoms with Crippen molar-refractivity contribution in [3.63, 3.8) is 0 Å². The fourth-order valence-electron chi connectivity index (χ4n) is 2.07. The summed E-state index contributed by atoms with van der Waals surface area (Å²) in [6.45, 7) is 0. The predicted molar refractivity (Wildman–Crippen MR) is 55.0 cm³/mol. The molecule has 0 saturated carbocycles. The maximum Gasteiger partial charge on any atom is 0.310 e. The first-order chi connectivity index (χ1) is 7.20. The van der Waals surface area contributed by atoms with Gasteiger partial charge in [0.15, 0.2) is 5.78 Å². The van der Waals surface area contributed by atoms with Gasteiger partial charge in [0.2, 0.25) is 0 Å². The number of ketones is 1. The largest absolute Gasteiger partial charge is 0.481 e. The van der Waals surface area contributed by atoms with Gasteiger partial charge in [0.05, 0.1) is 5.92 Å². The lowest BCUT2D eigenvalue weighted by molar-refractivity contribution is -0.139. The van der Waals surface area contributed by atoms with Crippen molar-refractivity contribution in [2.24, 2.45) is 0 Å². The monoisotopic (exact) mass is 204 g/mol. The van der Waals surface area contributed by atoms with Crippen LogP contribution < -0.4 is 0 Å². The number of benzene rings is 1. The van der Waals surface area contributed by atoms with Gasteiger partial charge < -0.3 is 5.11 Å². The van der Waals surface area contributed by atoms with E-state index in [9.17, 15) is 9.59 Å². The van der Waals surface area contributed by atoms with E-state index >= 15 is 0 Å². The van der Waals surface area contributed by atoms with E-state index in [1.54, 1.807) is 24.3 Å². The molecule has 0 amide bonds. The molecule has 0 heterocycles. The first-order valence-electron chi connectivity index (χ1n) is 5.05. The quantitative estimate of drug-likeness (QED) is 0.713. The number of fused-ring (bicyclic) bond motifs is 1. The van der Waals surface area contributed by atoms with Crippen LogP contribution in [0, 0.1) is 0 Å². The molecule has 0 spiro atoms. The minimum Gasteiger partial charge on any atom is -0.481 e. The van der Waals surface area contributed by atoms with Gasteiger partial charge in [-0.3, -0.25) is 9.59 Å². The van der Waals surface area contributed by atoms with E-state index in [1.165, 1.54) is 0 Å². The lowest BCUT2D eigenvalue weighted by Gasteiger charge is -2.11. The molecule has 0 saturated heterocycles. The van der Waals surface area contributed by atoms with Gasteiger partial charge in [-0.15, -0.1) is 0 Å². The summed E-state index contributed by atoms with van der Waals surface area (Å²) in [4.78, 5) is 22.7. The fraction of sp³-hybridized carbons (Fsp3) is 0.333. The Morgan fingerprint density at radius 3 is 2.80 bits per heavy atom. The second kappa shape index (κ2) is 3.85. The van der Waals surface area contributed by atoms with Gasteiger partial charge in [0, 0.05) is 12.0 Å². The highest BCUT2D eigenvalue weighted by Gasteiger charge is 2.27. The summed E-state index contributed by atoms with van der Waals surface area (Å²) in [6, 6.07) is 7.03.